The Bertz CT molecular complexity index is 177. The number of hydrogen-bond acceptors (Lipinski definition) is 2. The van der Waals surface area contributed by atoms with Gasteiger partial charge in [0.15, 0.2) is 5.92 Å². The molecule has 84 valence electrons. The van der Waals surface area contributed by atoms with Gasteiger partial charge in [0.1, 0.15) is 0 Å². The van der Waals surface area contributed by atoms with Gasteiger partial charge in [-0.1, -0.05) is 26.2 Å². The second-order valence-electron chi connectivity index (χ2n) is 3.11. The molecule has 0 fully saturated rings. The summed E-state index contributed by atoms with van der Waals surface area (Å²) in [7, 11) is 0.973. The normalized spacial score (nSPS) is 13.8. The predicted octanol–water partition coefficient (Wildman–Crippen LogP) is 2.92. The Hall–Kier alpha value is -0.740. The van der Waals surface area contributed by atoms with Gasteiger partial charge in [-0.2, -0.15) is 13.2 Å². The second kappa shape index (κ2) is 5.88. The molecule has 0 rings (SSSR count). The Morgan fingerprint density at radius 2 is 1.93 bits per heavy atom. The van der Waals surface area contributed by atoms with Crippen molar-refractivity contribution in [3.63, 3.8) is 0 Å². The van der Waals surface area contributed by atoms with E-state index >= 15 is 0 Å². The maximum absolute atomic E-state index is 12.3. The Morgan fingerprint density at radius 1 is 1.36 bits per heavy atom. The molecule has 0 spiro atoms. The summed E-state index contributed by atoms with van der Waals surface area (Å²) in [4.78, 5) is 10.8. The Morgan fingerprint density at radius 3 is 2.29 bits per heavy atom. The minimum Gasteiger partial charge on any atom is -0.469 e. The van der Waals surface area contributed by atoms with Gasteiger partial charge in [0.25, 0.3) is 0 Å². The molecule has 0 aliphatic rings. The zero-order chi connectivity index (χ0) is 11.2. The van der Waals surface area contributed by atoms with E-state index in [0.717, 1.165) is 13.5 Å². The fourth-order valence-corrected chi connectivity index (χ4v) is 1.16. The zero-order valence-electron chi connectivity index (χ0n) is 8.36. The van der Waals surface area contributed by atoms with Gasteiger partial charge in [-0.05, 0) is 6.42 Å². The van der Waals surface area contributed by atoms with Crippen molar-refractivity contribution in [3.8, 4) is 0 Å². The highest BCUT2D eigenvalue weighted by Gasteiger charge is 2.44. The standard InChI is InChI=1S/C9H15F3O2/c1-3-4-5-6-7(8(13)14-2)9(10,11)12/h7H,3-6H2,1-2H3. The first-order valence-corrected chi connectivity index (χ1v) is 4.58. The summed E-state index contributed by atoms with van der Waals surface area (Å²) in [6.07, 6.45) is -2.74. The van der Waals surface area contributed by atoms with Crippen molar-refractivity contribution in [1.82, 2.24) is 0 Å². The number of carbonyl (C=O) groups excluding carboxylic acids is 1. The molecule has 0 radical (unpaired) electrons. The summed E-state index contributed by atoms with van der Waals surface area (Å²) < 4.78 is 41.0. The van der Waals surface area contributed by atoms with Crippen LogP contribution in [0.4, 0.5) is 13.2 Å². The van der Waals surface area contributed by atoms with Crippen molar-refractivity contribution in [1.29, 1.82) is 0 Å². The number of alkyl halides is 3. The van der Waals surface area contributed by atoms with Gasteiger partial charge in [0.05, 0.1) is 7.11 Å². The van der Waals surface area contributed by atoms with Crippen LogP contribution in [0.15, 0.2) is 0 Å². The first-order valence-electron chi connectivity index (χ1n) is 4.58. The minimum absolute atomic E-state index is 0.177. The molecule has 0 N–H and O–H groups in total. The van der Waals surface area contributed by atoms with E-state index in [9.17, 15) is 18.0 Å². The molecule has 0 bridgehead atoms. The van der Waals surface area contributed by atoms with Crippen LogP contribution in [-0.4, -0.2) is 19.3 Å². The molecule has 0 aromatic rings. The Balaban J connectivity index is 4.19. The summed E-state index contributed by atoms with van der Waals surface area (Å²) in [5.41, 5.74) is 0. The Labute approximate surface area is 81.4 Å². The third-order valence-electron chi connectivity index (χ3n) is 1.98. The summed E-state index contributed by atoms with van der Waals surface area (Å²) in [6, 6.07) is 0. The average molecular weight is 212 g/mol. The highest BCUT2D eigenvalue weighted by atomic mass is 19.4. The molecule has 14 heavy (non-hydrogen) atoms. The van der Waals surface area contributed by atoms with Gasteiger partial charge in [0, 0.05) is 0 Å². The van der Waals surface area contributed by atoms with Crippen LogP contribution in [-0.2, 0) is 9.53 Å². The van der Waals surface area contributed by atoms with E-state index in [0.29, 0.717) is 12.8 Å². The second-order valence-corrected chi connectivity index (χ2v) is 3.11. The largest absolute Gasteiger partial charge is 0.469 e. The highest BCUT2D eigenvalue weighted by molar-refractivity contribution is 5.73. The van der Waals surface area contributed by atoms with Crippen LogP contribution in [0.2, 0.25) is 0 Å². The number of unbranched alkanes of at least 4 members (excludes halogenated alkanes) is 2. The van der Waals surface area contributed by atoms with Crippen LogP contribution >= 0.6 is 0 Å². The lowest BCUT2D eigenvalue weighted by molar-refractivity contribution is -0.197. The molecular weight excluding hydrogens is 197 g/mol. The fourth-order valence-electron chi connectivity index (χ4n) is 1.16. The maximum Gasteiger partial charge on any atom is 0.402 e. The third kappa shape index (κ3) is 4.48. The quantitative estimate of drug-likeness (QED) is 0.517. The van der Waals surface area contributed by atoms with Crippen molar-refractivity contribution in [2.45, 2.75) is 38.8 Å². The molecule has 2 nitrogen and oxygen atoms in total. The summed E-state index contributed by atoms with van der Waals surface area (Å²) in [5.74, 6) is -3.15. The summed E-state index contributed by atoms with van der Waals surface area (Å²) >= 11 is 0. The molecule has 1 unspecified atom stereocenters. The van der Waals surface area contributed by atoms with Crippen LogP contribution in [0.3, 0.4) is 0 Å². The van der Waals surface area contributed by atoms with Crippen molar-refractivity contribution in [2.24, 2.45) is 5.92 Å². The monoisotopic (exact) mass is 212 g/mol. The van der Waals surface area contributed by atoms with Crippen molar-refractivity contribution >= 4 is 5.97 Å². The van der Waals surface area contributed by atoms with Crippen LogP contribution in [0.5, 0.6) is 0 Å². The van der Waals surface area contributed by atoms with Crippen molar-refractivity contribution in [3.05, 3.63) is 0 Å². The van der Waals surface area contributed by atoms with Gasteiger partial charge in [-0.25, -0.2) is 0 Å². The van der Waals surface area contributed by atoms with E-state index in [-0.39, 0.29) is 6.42 Å². The lowest BCUT2D eigenvalue weighted by atomic mass is 10.0. The molecule has 1 atom stereocenters. The van der Waals surface area contributed by atoms with Crippen molar-refractivity contribution in [2.75, 3.05) is 7.11 Å². The Kier molecular flexibility index (Phi) is 5.57. The van der Waals surface area contributed by atoms with Crippen LogP contribution in [0, 0.1) is 5.92 Å². The maximum atomic E-state index is 12.3. The van der Waals surface area contributed by atoms with Crippen LogP contribution < -0.4 is 0 Å². The number of ether oxygens (including phenoxy) is 1. The van der Waals surface area contributed by atoms with E-state index in [1.165, 1.54) is 0 Å². The molecule has 0 aromatic heterocycles. The molecule has 0 aromatic carbocycles. The topological polar surface area (TPSA) is 26.3 Å². The lowest BCUT2D eigenvalue weighted by Gasteiger charge is -2.17. The summed E-state index contributed by atoms with van der Waals surface area (Å²) in [6.45, 7) is 1.89. The number of halogens is 3. The van der Waals surface area contributed by atoms with Crippen LogP contribution in [0.25, 0.3) is 0 Å². The molecule has 5 heteroatoms. The van der Waals surface area contributed by atoms with E-state index in [2.05, 4.69) is 4.74 Å². The van der Waals surface area contributed by atoms with Gasteiger partial charge < -0.3 is 4.74 Å². The molecule has 0 amide bonds. The predicted molar refractivity (Wildman–Crippen MR) is 45.7 cm³/mol. The number of hydrogen-bond donors (Lipinski definition) is 0. The third-order valence-corrected chi connectivity index (χ3v) is 1.98. The minimum atomic E-state index is -4.49. The molecule has 0 heterocycles. The summed E-state index contributed by atoms with van der Waals surface area (Å²) in [5, 5.41) is 0. The smallest absolute Gasteiger partial charge is 0.402 e. The fraction of sp³-hybridized carbons (Fsp3) is 0.889. The molecule has 0 saturated heterocycles. The number of carbonyl (C=O) groups is 1. The molecule has 0 aliphatic heterocycles. The SMILES string of the molecule is CCCCCC(C(=O)OC)C(F)(F)F. The first kappa shape index (κ1) is 13.3. The lowest BCUT2D eigenvalue weighted by Crippen LogP contribution is -2.31. The number of methoxy groups -OCH3 is 1. The van der Waals surface area contributed by atoms with E-state index in [4.69, 9.17) is 0 Å². The van der Waals surface area contributed by atoms with E-state index in [1.807, 2.05) is 6.92 Å². The molecular formula is C9H15F3O2. The first-order chi connectivity index (χ1) is 6.43. The number of rotatable bonds is 5. The zero-order valence-corrected chi connectivity index (χ0v) is 8.36. The number of esters is 1. The molecule has 0 saturated carbocycles. The van der Waals surface area contributed by atoms with Crippen LogP contribution in [0.1, 0.15) is 32.6 Å². The van der Waals surface area contributed by atoms with Crippen molar-refractivity contribution < 1.29 is 22.7 Å². The van der Waals surface area contributed by atoms with E-state index < -0.39 is 18.1 Å². The van der Waals surface area contributed by atoms with Gasteiger partial charge in [0.2, 0.25) is 0 Å². The van der Waals surface area contributed by atoms with Gasteiger partial charge in [-0.15, -0.1) is 0 Å². The molecule has 0 aliphatic carbocycles. The van der Waals surface area contributed by atoms with Gasteiger partial charge >= 0.3 is 12.1 Å². The average Bonchev–Trinajstić information content (AvgIpc) is 2.09. The van der Waals surface area contributed by atoms with Gasteiger partial charge in [-0.3, -0.25) is 4.79 Å². The highest BCUT2D eigenvalue weighted by Crippen LogP contribution is 2.31. The van der Waals surface area contributed by atoms with E-state index in [1.54, 1.807) is 0 Å².